The molecule has 0 spiro atoms. The third-order valence-electron chi connectivity index (χ3n) is 6.14. The second-order valence-corrected chi connectivity index (χ2v) is 8.15. The molecule has 1 saturated carbocycles. The molecule has 28 heavy (non-hydrogen) atoms. The smallest absolute Gasteiger partial charge is 0.141 e. The van der Waals surface area contributed by atoms with Crippen LogP contribution in [0.25, 0.3) is 10.9 Å². The molecule has 0 atom stereocenters. The van der Waals surface area contributed by atoms with Crippen LogP contribution in [0.15, 0.2) is 36.5 Å². The number of para-hydroxylation sites is 1. The molecule has 5 nitrogen and oxygen atoms in total. The minimum Gasteiger partial charge on any atom is -0.506 e. The third kappa shape index (κ3) is 3.47. The van der Waals surface area contributed by atoms with E-state index >= 15 is 0 Å². The van der Waals surface area contributed by atoms with Gasteiger partial charge in [0.15, 0.2) is 0 Å². The van der Waals surface area contributed by atoms with Crippen LogP contribution in [0.3, 0.4) is 0 Å². The van der Waals surface area contributed by atoms with Crippen molar-refractivity contribution in [2.75, 3.05) is 6.54 Å². The van der Waals surface area contributed by atoms with Crippen LogP contribution in [0, 0.1) is 0 Å². The van der Waals surface area contributed by atoms with Crippen molar-refractivity contribution in [2.24, 2.45) is 0 Å². The average Bonchev–Trinajstić information content (AvgIpc) is 2.75. The summed E-state index contributed by atoms with van der Waals surface area (Å²) in [6, 6.07) is 9.61. The van der Waals surface area contributed by atoms with Gasteiger partial charge in [-0.05, 0) is 25.0 Å². The molecule has 0 bridgehead atoms. The summed E-state index contributed by atoms with van der Waals surface area (Å²) in [5.41, 5.74) is 4.14. The van der Waals surface area contributed by atoms with Gasteiger partial charge < -0.3 is 5.11 Å². The molecular formula is C23H26N4O. The summed E-state index contributed by atoms with van der Waals surface area (Å²) in [4.78, 5) is 16.7. The van der Waals surface area contributed by atoms with Gasteiger partial charge in [0.1, 0.15) is 17.1 Å². The number of fused-ring (bicyclic) bond motifs is 2. The Balaban J connectivity index is 1.31. The predicted molar refractivity (Wildman–Crippen MR) is 109 cm³/mol. The zero-order valence-electron chi connectivity index (χ0n) is 16.1. The Hall–Kier alpha value is -2.53. The van der Waals surface area contributed by atoms with Gasteiger partial charge in [0, 0.05) is 54.8 Å². The van der Waals surface area contributed by atoms with E-state index in [0.29, 0.717) is 11.4 Å². The van der Waals surface area contributed by atoms with E-state index in [4.69, 9.17) is 9.97 Å². The number of rotatable bonds is 3. The molecule has 2 aromatic heterocycles. The van der Waals surface area contributed by atoms with Gasteiger partial charge in [0.25, 0.3) is 0 Å². The lowest BCUT2D eigenvalue weighted by atomic mass is 9.88. The highest BCUT2D eigenvalue weighted by Gasteiger charge is 2.23. The molecule has 3 heterocycles. The van der Waals surface area contributed by atoms with Crippen LogP contribution in [-0.2, 0) is 19.5 Å². The molecule has 3 aromatic rings. The van der Waals surface area contributed by atoms with Crippen LogP contribution in [0.2, 0.25) is 0 Å². The molecule has 0 amide bonds. The van der Waals surface area contributed by atoms with Crippen LogP contribution < -0.4 is 0 Å². The quantitative estimate of drug-likeness (QED) is 0.739. The van der Waals surface area contributed by atoms with Crippen molar-refractivity contribution in [3.8, 4) is 5.75 Å². The van der Waals surface area contributed by atoms with Crippen molar-refractivity contribution >= 4 is 10.9 Å². The van der Waals surface area contributed by atoms with Crippen LogP contribution in [0.4, 0.5) is 0 Å². The third-order valence-corrected chi connectivity index (χ3v) is 6.14. The fourth-order valence-electron chi connectivity index (χ4n) is 4.57. The van der Waals surface area contributed by atoms with Gasteiger partial charge in [-0.25, -0.2) is 15.0 Å². The van der Waals surface area contributed by atoms with Crippen molar-refractivity contribution in [1.29, 1.82) is 0 Å². The Morgan fingerprint density at radius 2 is 1.93 bits per heavy atom. The summed E-state index contributed by atoms with van der Waals surface area (Å²) in [7, 11) is 0. The summed E-state index contributed by atoms with van der Waals surface area (Å²) in [6.45, 7) is 2.61. The number of aromatic hydroxyl groups is 1. The Labute approximate surface area is 165 Å². The summed E-state index contributed by atoms with van der Waals surface area (Å²) < 4.78 is 0. The zero-order chi connectivity index (χ0) is 18.9. The van der Waals surface area contributed by atoms with Crippen LogP contribution in [-0.4, -0.2) is 31.5 Å². The number of aromatic nitrogens is 3. The molecule has 0 radical (unpaired) electrons. The largest absolute Gasteiger partial charge is 0.506 e. The highest BCUT2D eigenvalue weighted by atomic mass is 16.3. The van der Waals surface area contributed by atoms with E-state index in [1.807, 2.05) is 18.2 Å². The number of benzene rings is 1. The first-order valence-corrected chi connectivity index (χ1v) is 10.4. The van der Waals surface area contributed by atoms with Crippen molar-refractivity contribution in [3.63, 3.8) is 0 Å². The summed E-state index contributed by atoms with van der Waals surface area (Å²) in [5.74, 6) is 1.87. The van der Waals surface area contributed by atoms with E-state index in [2.05, 4.69) is 22.1 Å². The molecule has 0 saturated heterocycles. The molecule has 5 rings (SSSR count). The Kier molecular flexibility index (Phi) is 4.69. The van der Waals surface area contributed by atoms with Gasteiger partial charge in [0.2, 0.25) is 0 Å². The average molecular weight is 374 g/mol. The fourth-order valence-corrected chi connectivity index (χ4v) is 4.57. The zero-order valence-corrected chi connectivity index (χ0v) is 16.1. The van der Waals surface area contributed by atoms with Gasteiger partial charge in [-0.1, -0.05) is 37.5 Å². The molecule has 1 N–H and O–H groups in total. The minimum absolute atomic E-state index is 0.243. The number of nitrogens with zero attached hydrogens (tertiary/aromatic N) is 4. The Morgan fingerprint density at radius 3 is 2.82 bits per heavy atom. The van der Waals surface area contributed by atoms with Gasteiger partial charge in [-0.2, -0.15) is 0 Å². The number of hydrogen-bond acceptors (Lipinski definition) is 5. The standard InChI is InChI=1S/C23H26N4O/c28-21-8-4-7-16-9-10-19(25-22(16)21)15-27-12-11-20-18(14-27)13-24-23(26-20)17-5-2-1-3-6-17/h4,7-10,13,17,28H,1-3,5-6,11-12,14-15H2. The van der Waals surface area contributed by atoms with Gasteiger partial charge in [0.05, 0.1) is 5.69 Å². The molecule has 1 aliphatic carbocycles. The predicted octanol–water partition coefficient (Wildman–Crippen LogP) is 4.34. The first kappa shape index (κ1) is 17.6. The molecule has 1 aliphatic heterocycles. The molecular weight excluding hydrogens is 348 g/mol. The lowest BCUT2D eigenvalue weighted by Crippen LogP contribution is -2.31. The van der Waals surface area contributed by atoms with E-state index < -0.39 is 0 Å². The Bertz CT molecular complexity index is 997. The van der Waals surface area contributed by atoms with Gasteiger partial charge in [-0.15, -0.1) is 0 Å². The second-order valence-electron chi connectivity index (χ2n) is 8.15. The fraction of sp³-hybridized carbons (Fsp3) is 0.435. The van der Waals surface area contributed by atoms with Crippen molar-refractivity contribution in [3.05, 3.63) is 59.3 Å². The monoisotopic (exact) mass is 374 g/mol. The maximum atomic E-state index is 10.1. The van der Waals surface area contributed by atoms with Crippen molar-refractivity contribution < 1.29 is 5.11 Å². The summed E-state index contributed by atoms with van der Waals surface area (Å²) in [6.07, 6.45) is 9.49. The minimum atomic E-state index is 0.243. The van der Waals surface area contributed by atoms with Crippen LogP contribution in [0.5, 0.6) is 5.75 Å². The number of hydrogen-bond donors (Lipinski definition) is 1. The van der Waals surface area contributed by atoms with Crippen molar-refractivity contribution in [2.45, 2.75) is 57.5 Å². The van der Waals surface area contributed by atoms with E-state index in [1.165, 1.54) is 43.4 Å². The maximum absolute atomic E-state index is 10.1. The topological polar surface area (TPSA) is 62.1 Å². The van der Waals surface area contributed by atoms with E-state index in [-0.39, 0.29) is 5.75 Å². The Morgan fingerprint density at radius 1 is 1.04 bits per heavy atom. The maximum Gasteiger partial charge on any atom is 0.141 e. The first-order valence-electron chi connectivity index (χ1n) is 10.4. The normalized spacial score (nSPS) is 18.3. The highest BCUT2D eigenvalue weighted by molar-refractivity contribution is 5.84. The van der Waals surface area contributed by atoms with Gasteiger partial charge in [-0.3, -0.25) is 4.90 Å². The number of phenols is 1. The summed E-state index contributed by atoms with van der Waals surface area (Å²) in [5, 5.41) is 11.0. The molecule has 5 heteroatoms. The van der Waals surface area contributed by atoms with E-state index in [1.54, 1.807) is 6.07 Å². The molecule has 2 aliphatic rings. The number of phenolic OH excluding ortho intramolecular Hbond substituents is 1. The summed E-state index contributed by atoms with van der Waals surface area (Å²) >= 11 is 0. The van der Waals surface area contributed by atoms with E-state index in [9.17, 15) is 5.11 Å². The lowest BCUT2D eigenvalue weighted by molar-refractivity contribution is 0.239. The molecule has 144 valence electrons. The van der Waals surface area contributed by atoms with E-state index in [0.717, 1.165) is 43.0 Å². The lowest BCUT2D eigenvalue weighted by Gasteiger charge is -2.28. The highest BCUT2D eigenvalue weighted by Crippen LogP contribution is 2.31. The van der Waals surface area contributed by atoms with Crippen LogP contribution >= 0.6 is 0 Å². The van der Waals surface area contributed by atoms with Crippen LogP contribution in [0.1, 0.15) is 60.8 Å². The molecule has 1 fully saturated rings. The number of pyridine rings is 1. The SMILES string of the molecule is Oc1cccc2ccc(CN3CCc4nc(C5CCCCC5)ncc4C3)nc12. The second kappa shape index (κ2) is 7.47. The van der Waals surface area contributed by atoms with Gasteiger partial charge >= 0.3 is 0 Å². The molecule has 0 unspecified atom stereocenters. The first-order chi connectivity index (χ1) is 13.8. The van der Waals surface area contributed by atoms with Crippen molar-refractivity contribution in [1.82, 2.24) is 19.9 Å². The molecule has 1 aromatic carbocycles.